The summed E-state index contributed by atoms with van der Waals surface area (Å²) in [6.45, 7) is 6.86. The van der Waals surface area contributed by atoms with Gasteiger partial charge in [-0.2, -0.15) is 17.0 Å². The van der Waals surface area contributed by atoms with Gasteiger partial charge < -0.3 is 5.11 Å². The highest BCUT2D eigenvalue weighted by Crippen LogP contribution is 2.35. The highest BCUT2D eigenvalue weighted by atomic mass is 32.2. The minimum atomic E-state index is -3.69. The monoisotopic (exact) mass is 304 g/mol. The highest BCUT2D eigenvalue weighted by molar-refractivity contribution is 7.86. The number of rotatable bonds is 3. The van der Waals surface area contributed by atoms with E-state index in [-0.39, 0.29) is 0 Å². The number of hydrogen-bond acceptors (Lipinski definition) is 3. The zero-order valence-electron chi connectivity index (χ0n) is 12.4. The smallest absolute Gasteiger partial charge is 0.324 e. The maximum atomic E-state index is 12.8. The van der Waals surface area contributed by atoms with Crippen LogP contribution in [0.15, 0.2) is 0 Å². The molecule has 0 radical (unpaired) electrons. The first-order valence-corrected chi connectivity index (χ1v) is 8.59. The summed E-state index contributed by atoms with van der Waals surface area (Å²) in [4.78, 5) is 11.5. The van der Waals surface area contributed by atoms with Crippen molar-refractivity contribution in [2.75, 3.05) is 19.6 Å². The molecule has 2 heterocycles. The van der Waals surface area contributed by atoms with Crippen LogP contribution in [0.25, 0.3) is 0 Å². The molecule has 7 heteroatoms. The quantitative estimate of drug-likeness (QED) is 0.848. The molecule has 116 valence electrons. The molecule has 0 spiro atoms. The van der Waals surface area contributed by atoms with E-state index in [1.165, 1.54) is 15.5 Å². The van der Waals surface area contributed by atoms with Crippen molar-refractivity contribution in [1.82, 2.24) is 8.61 Å². The largest absolute Gasteiger partial charge is 0.480 e. The van der Waals surface area contributed by atoms with Crippen molar-refractivity contribution >= 4 is 16.2 Å². The molecule has 2 aliphatic heterocycles. The number of piperidine rings is 1. The first-order chi connectivity index (χ1) is 9.18. The van der Waals surface area contributed by atoms with Gasteiger partial charge in [0.15, 0.2) is 0 Å². The summed E-state index contributed by atoms with van der Waals surface area (Å²) in [5, 5.41) is 9.38. The first kappa shape index (κ1) is 15.7. The van der Waals surface area contributed by atoms with Gasteiger partial charge in [-0.15, -0.1) is 0 Å². The van der Waals surface area contributed by atoms with Crippen LogP contribution in [-0.4, -0.2) is 53.3 Å². The number of carboxylic acids is 1. The van der Waals surface area contributed by atoms with Gasteiger partial charge in [-0.3, -0.25) is 4.79 Å². The fourth-order valence-corrected chi connectivity index (χ4v) is 5.66. The van der Waals surface area contributed by atoms with Crippen molar-refractivity contribution in [2.45, 2.75) is 45.6 Å². The van der Waals surface area contributed by atoms with E-state index < -0.39 is 21.7 Å². The van der Waals surface area contributed by atoms with Gasteiger partial charge in [0.05, 0.1) is 0 Å². The van der Waals surface area contributed by atoms with Gasteiger partial charge in [-0.1, -0.05) is 13.8 Å². The van der Waals surface area contributed by atoms with Crippen LogP contribution < -0.4 is 0 Å². The Labute approximate surface area is 120 Å². The van der Waals surface area contributed by atoms with Gasteiger partial charge in [0.2, 0.25) is 0 Å². The second-order valence-corrected chi connectivity index (χ2v) is 8.38. The van der Waals surface area contributed by atoms with Crippen LogP contribution in [0.1, 0.15) is 40.0 Å². The van der Waals surface area contributed by atoms with Gasteiger partial charge in [0, 0.05) is 19.6 Å². The van der Waals surface area contributed by atoms with Crippen molar-refractivity contribution in [3.8, 4) is 0 Å². The van der Waals surface area contributed by atoms with E-state index in [0.29, 0.717) is 44.3 Å². The fourth-order valence-electron chi connectivity index (χ4n) is 3.46. The standard InChI is InChI=1S/C13H24N2O4S/c1-10-7-11(2)9-14(8-10)20(18,19)15-6-4-5-13(15,3)12(16)17/h10-11H,4-9H2,1-3H3,(H,16,17). The van der Waals surface area contributed by atoms with Crippen molar-refractivity contribution in [3.63, 3.8) is 0 Å². The third kappa shape index (κ3) is 2.58. The summed E-state index contributed by atoms with van der Waals surface area (Å²) in [5.41, 5.74) is -1.30. The third-order valence-corrected chi connectivity index (χ3v) is 6.57. The SMILES string of the molecule is CC1CC(C)CN(S(=O)(=O)N2CCCC2(C)C(=O)O)C1. The molecule has 0 saturated carbocycles. The average molecular weight is 304 g/mol. The zero-order chi connectivity index (χ0) is 15.1. The maximum absolute atomic E-state index is 12.8. The second-order valence-electron chi connectivity index (χ2n) is 6.53. The lowest BCUT2D eigenvalue weighted by Gasteiger charge is -2.39. The molecular formula is C13H24N2O4S. The molecule has 20 heavy (non-hydrogen) atoms. The van der Waals surface area contributed by atoms with Crippen molar-refractivity contribution in [1.29, 1.82) is 0 Å². The first-order valence-electron chi connectivity index (χ1n) is 7.19. The van der Waals surface area contributed by atoms with Crippen LogP contribution in [-0.2, 0) is 15.0 Å². The van der Waals surface area contributed by atoms with E-state index in [4.69, 9.17) is 0 Å². The van der Waals surface area contributed by atoms with Crippen LogP contribution >= 0.6 is 0 Å². The molecule has 0 amide bonds. The number of nitrogens with zero attached hydrogens (tertiary/aromatic N) is 2. The lowest BCUT2D eigenvalue weighted by molar-refractivity contribution is -0.146. The van der Waals surface area contributed by atoms with Gasteiger partial charge in [-0.25, -0.2) is 0 Å². The molecule has 0 aromatic heterocycles. The van der Waals surface area contributed by atoms with E-state index in [0.717, 1.165) is 6.42 Å². The molecule has 2 fully saturated rings. The van der Waals surface area contributed by atoms with Crippen LogP contribution in [0.4, 0.5) is 0 Å². The summed E-state index contributed by atoms with van der Waals surface area (Å²) >= 11 is 0. The van der Waals surface area contributed by atoms with Crippen molar-refractivity contribution in [3.05, 3.63) is 0 Å². The van der Waals surface area contributed by atoms with E-state index in [2.05, 4.69) is 0 Å². The Hall–Kier alpha value is -0.660. The predicted molar refractivity (Wildman–Crippen MR) is 75.4 cm³/mol. The second kappa shape index (κ2) is 5.27. The Morgan fingerprint density at radius 1 is 1.25 bits per heavy atom. The molecule has 1 N–H and O–H groups in total. The Balaban J connectivity index is 2.28. The van der Waals surface area contributed by atoms with Crippen LogP contribution in [0.3, 0.4) is 0 Å². The molecule has 0 bridgehead atoms. The molecule has 2 saturated heterocycles. The van der Waals surface area contributed by atoms with Crippen molar-refractivity contribution < 1.29 is 18.3 Å². The normalized spacial score (nSPS) is 37.1. The van der Waals surface area contributed by atoms with Gasteiger partial charge in [0.25, 0.3) is 10.2 Å². The molecule has 0 aromatic rings. The molecule has 3 unspecified atom stereocenters. The molecule has 0 aliphatic carbocycles. The number of hydrogen-bond donors (Lipinski definition) is 1. The van der Waals surface area contributed by atoms with E-state index >= 15 is 0 Å². The Morgan fingerprint density at radius 2 is 1.80 bits per heavy atom. The van der Waals surface area contributed by atoms with Gasteiger partial charge >= 0.3 is 5.97 Å². The minimum absolute atomic E-state index is 0.296. The van der Waals surface area contributed by atoms with Gasteiger partial charge in [0.1, 0.15) is 5.54 Å². The number of carboxylic acid groups (broad SMARTS) is 1. The summed E-state index contributed by atoms with van der Waals surface area (Å²) in [6, 6.07) is 0. The molecule has 2 aliphatic rings. The average Bonchev–Trinajstić information content (AvgIpc) is 2.72. The van der Waals surface area contributed by atoms with Crippen LogP contribution in [0, 0.1) is 11.8 Å². The Kier molecular flexibility index (Phi) is 4.15. The highest BCUT2D eigenvalue weighted by Gasteiger charge is 2.51. The van der Waals surface area contributed by atoms with Crippen molar-refractivity contribution in [2.24, 2.45) is 11.8 Å². The lowest BCUT2D eigenvalue weighted by atomic mass is 9.94. The van der Waals surface area contributed by atoms with E-state index in [1.54, 1.807) is 0 Å². The molecule has 3 atom stereocenters. The maximum Gasteiger partial charge on any atom is 0.324 e. The van der Waals surface area contributed by atoms with Crippen LogP contribution in [0.5, 0.6) is 0 Å². The van der Waals surface area contributed by atoms with Gasteiger partial charge in [-0.05, 0) is 38.0 Å². The predicted octanol–water partition coefficient (Wildman–Crippen LogP) is 1.15. The Bertz CT molecular complexity index is 483. The zero-order valence-corrected chi connectivity index (χ0v) is 13.2. The summed E-state index contributed by atoms with van der Waals surface area (Å²) in [6.07, 6.45) is 1.99. The third-order valence-electron chi connectivity index (χ3n) is 4.48. The number of aliphatic carboxylic acids is 1. The molecule has 0 aromatic carbocycles. The van der Waals surface area contributed by atoms with E-state index in [1.807, 2.05) is 13.8 Å². The van der Waals surface area contributed by atoms with Crippen LogP contribution in [0.2, 0.25) is 0 Å². The number of carbonyl (C=O) groups is 1. The summed E-state index contributed by atoms with van der Waals surface area (Å²) < 4.78 is 28.2. The molecular weight excluding hydrogens is 280 g/mol. The molecule has 6 nitrogen and oxygen atoms in total. The molecule has 2 rings (SSSR count). The summed E-state index contributed by atoms with van der Waals surface area (Å²) in [5.74, 6) is -0.434. The topological polar surface area (TPSA) is 77.9 Å². The fraction of sp³-hybridized carbons (Fsp3) is 0.923. The minimum Gasteiger partial charge on any atom is -0.480 e. The lowest BCUT2D eigenvalue weighted by Crippen LogP contribution is -2.57. The Morgan fingerprint density at radius 3 is 2.30 bits per heavy atom. The summed E-state index contributed by atoms with van der Waals surface area (Å²) in [7, 11) is -3.69. The van der Waals surface area contributed by atoms with E-state index in [9.17, 15) is 18.3 Å².